The van der Waals surface area contributed by atoms with E-state index in [1.54, 1.807) is 24.7 Å². The zero-order valence-corrected chi connectivity index (χ0v) is 20.4. The molecule has 7 nitrogen and oxygen atoms in total. The predicted molar refractivity (Wildman–Crippen MR) is 137 cm³/mol. The first-order valence-electron chi connectivity index (χ1n) is 12.0. The molecule has 35 heavy (non-hydrogen) atoms. The lowest BCUT2D eigenvalue weighted by molar-refractivity contribution is 0.0919. The number of amides is 1. The molecule has 3 aromatic heterocycles. The molecule has 1 fully saturated rings. The minimum atomic E-state index is -0.128. The molecule has 8 heteroatoms. The van der Waals surface area contributed by atoms with Crippen molar-refractivity contribution in [3.63, 3.8) is 0 Å². The van der Waals surface area contributed by atoms with Crippen LogP contribution in [0.15, 0.2) is 65.8 Å². The third-order valence-corrected chi connectivity index (χ3v) is 7.14. The Morgan fingerprint density at radius 3 is 2.46 bits per heavy atom. The van der Waals surface area contributed by atoms with Crippen LogP contribution in [-0.2, 0) is 13.1 Å². The van der Waals surface area contributed by atoms with Crippen LogP contribution < -0.4 is 11.0 Å². The number of imidazole rings is 1. The summed E-state index contributed by atoms with van der Waals surface area (Å²) in [6, 6.07) is 13.6. The summed E-state index contributed by atoms with van der Waals surface area (Å²) in [6.45, 7) is 3.01. The number of fused-ring (bicyclic) bond motifs is 1. The average Bonchev–Trinajstić information content (AvgIpc) is 3.13. The molecule has 4 aromatic rings. The Balaban J connectivity index is 1.27. The Morgan fingerprint density at radius 1 is 1.06 bits per heavy atom. The molecule has 180 valence electrons. The number of carbonyl (C=O) groups is 1. The van der Waals surface area contributed by atoms with Crippen molar-refractivity contribution >= 4 is 28.5 Å². The van der Waals surface area contributed by atoms with Gasteiger partial charge in [-0.3, -0.25) is 23.9 Å². The van der Waals surface area contributed by atoms with E-state index in [1.165, 1.54) is 0 Å². The number of aryl methyl sites for hydroxylation is 1. The van der Waals surface area contributed by atoms with Gasteiger partial charge in [0.2, 0.25) is 0 Å². The van der Waals surface area contributed by atoms with Gasteiger partial charge < -0.3 is 5.32 Å². The van der Waals surface area contributed by atoms with Crippen molar-refractivity contribution in [3.05, 3.63) is 93.4 Å². The number of rotatable bonds is 6. The van der Waals surface area contributed by atoms with Crippen LogP contribution >= 0.6 is 11.6 Å². The fraction of sp³-hybridized carbons (Fsp3) is 0.333. The molecule has 1 aliphatic rings. The molecule has 1 N–H and O–H groups in total. The van der Waals surface area contributed by atoms with E-state index in [-0.39, 0.29) is 17.6 Å². The van der Waals surface area contributed by atoms with E-state index >= 15 is 0 Å². The molecule has 0 radical (unpaired) electrons. The highest BCUT2D eigenvalue weighted by Gasteiger charge is 2.25. The zero-order valence-electron chi connectivity index (χ0n) is 19.7. The molecule has 0 aliphatic heterocycles. The molecule has 1 saturated carbocycles. The number of aromatic nitrogens is 4. The van der Waals surface area contributed by atoms with Gasteiger partial charge in [-0.05, 0) is 74.4 Å². The molecule has 0 bridgehead atoms. The van der Waals surface area contributed by atoms with Crippen LogP contribution in [0.1, 0.15) is 47.3 Å². The minimum absolute atomic E-state index is 0.0161. The summed E-state index contributed by atoms with van der Waals surface area (Å²) in [4.78, 5) is 34.4. The van der Waals surface area contributed by atoms with Crippen molar-refractivity contribution in [2.45, 2.75) is 51.7 Å². The fourth-order valence-corrected chi connectivity index (χ4v) is 5.18. The summed E-state index contributed by atoms with van der Waals surface area (Å²) >= 11 is 6.03. The van der Waals surface area contributed by atoms with Crippen molar-refractivity contribution in [3.8, 4) is 0 Å². The lowest BCUT2D eigenvalue weighted by atomic mass is 9.85. The number of hydrogen-bond acceptors (Lipinski definition) is 4. The van der Waals surface area contributed by atoms with E-state index in [0.717, 1.165) is 42.3 Å². The minimum Gasteiger partial charge on any atom is -0.349 e. The van der Waals surface area contributed by atoms with E-state index in [1.807, 2.05) is 52.5 Å². The normalized spacial score (nSPS) is 18.0. The lowest BCUT2D eigenvalue weighted by Gasteiger charge is -2.29. The van der Waals surface area contributed by atoms with E-state index in [0.29, 0.717) is 35.3 Å². The van der Waals surface area contributed by atoms with Gasteiger partial charge in [0.1, 0.15) is 0 Å². The second kappa shape index (κ2) is 10.0. The highest BCUT2D eigenvalue weighted by molar-refractivity contribution is 6.30. The van der Waals surface area contributed by atoms with Crippen molar-refractivity contribution in [1.82, 2.24) is 24.4 Å². The van der Waals surface area contributed by atoms with E-state index in [2.05, 4.69) is 15.3 Å². The number of pyridine rings is 2. The standard InChI is InChI=1S/C27H28ClN5O2/c1-18-23(14-21(28)15-30-18)26(34)31-22-8-6-19(7-9-22)16-32-24-4-2-3-5-25(24)33(27(32)35)17-20-10-12-29-13-11-20/h2-5,10-15,19,22H,6-9,16-17H2,1H3,(H,31,34)/t19-,22-. The number of nitrogens with zero attached hydrogens (tertiary/aromatic N) is 4. The molecule has 0 spiro atoms. The van der Waals surface area contributed by atoms with Gasteiger partial charge in [-0.15, -0.1) is 0 Å². The maximum atomic E-state index is 13.4. The summed E-state index contributed by atoms with van der Waals surface area (Å²) in [5.41, 5.74) is 4.16. The van der Waals surface area contributed by atoms with Crippen LogP contribution in [-0.4, -0.2) is 31.1 Å². The van der Waals surface area contributed by atoms with Gasteiger partial charge in [-0.1, -0.05) is 23.7 Å². The highest BCUT2D eigenvalue weighted by Crippen LogP contribution is 2.27. The first kappa shape index (κ1) is 23.3. The average molecular weight is 490 g/mol. The summed E-state index contributed by atoms with van der Waals surface area (Å²) < 4.78 is 3.76. The lowest BCUT2D eigenvalue weighted by Crippen LogP contribution is -2.39. The summed E-state index contributed by atoms with van der Waals surface area (Å²) in [6.07, 6.45) is 8.72. The van der Waals surface area contributed by atoms with Crippen LogP contribution in [0.3, 0.4) is 0 Å². The Kier molecular flexibility index (Phi) is 6.68. The Labute approximate surface area is 208 Å². The largest absolute Gasteiger partial charge is 0.349 e. The second-order valence-corrected chi connectivity index (χ2v) is 9.74. The Bertz CT molecular complexity index is 1400. The maximum Gasteiger partial charge on any atom is 0.329 e. The number of benzene rings is 1. The van der Waals surface area contributed by atoms with E-state index in [9.17, 15) is 9.59 Å². The molecule has 3 heterocycles. The molecule has 0 unspecified atom stereocenters. The monoisotopic (exact) mass is 489 g/mol. The Hall–Kier alpha value is -3.45. The second-order valence-electron chi connectivity index (χ2n) is 9.30. The van der Waals surface area contributed by atoms with Gasteiger partial charge in [-0.25, -0.2) is 4.79 Å². The van der Waals surface area contributed by atoms with Crippen LogP contribution in [0.2, 0.25) is 5.02 Å². The fourth-order valence-electron chi connectivity index (χ4n) is 5.02. The third-order valence-electron chi connectivity index (χ3n) is 6.94. The van der Waals surface area contributed by atoms with Gasteiger partial charge in [-0.2, -0.15) is 0 Å². The maximum absolute atomic E-state index is 13.4. The molecule has 0 saturated heterocycles. The Morgan fingerprint density at radius 2 is 1.74 bits per heavy atom. The molecular formula is C27H28ClN5O2. The number of halogens is 1. The molecule has 5 rings (SSSR count). The van der Waals surface area contributed by atoms with Gasteiger partial charge >= 0.3 is 5.69 Å². The van der Waals surface area contributed by atoms with Crippen molar-refractivity contribution in [2.24, 2.45) is 5.92 Å². The first-order chi connectivity index (χ1) is 17.0. The smallest absolute Gasteiger partial charge is 0.329 e. The summed E-state index contributed by atoms with van der Waals surface area (Å²) in [5, 5.41) is 3.60. The van der Waals surface area contributed by atoms with Crippen LogP contribution in [0.5, 0.6) is 0 Å². The van der Waals surface area contributed by atoms with Gasteiger partial charge in [0, 0.05) is 31.2 Å². The van der Waals surface area contributed by atoms with Crippen LogP contribution in [0.4, 0.5) is 0 Å². The molecular weight excluding hydrogens is 462 g/mol. The quantitative estimate of drug-likeness (QED) is 0.429. The predicted octanol–water partition coefficient (Wildman–Crippen LogP) is 4.59. The van der Waals surface area contributed by atoms with Gasteiger partial charge in [0.15, 0.2) is 0 Å². The third kappa shape index (κ3) is 5.00. The zero-order chi connectivity index (χ0) is 24.4. The van der Waals surface area contributed by atoms with Gasteiger partial charge in [0.25, 0.3) is 5.91 Å². The molecule has 1 aromatic carbocycles. The van der Waals surface area contributed by atoms with Crippen molar-refractivity contribution < 1.29 is 4.79 Å². The molecule has 1 amide bonds. The van der Waals surface area contributed by atoms with E-state index < -0.39 is 0 Å². The molecule has 1 aliphatic carbocycles. The number of nitrogens with one attached hydrogen (secondary N) is 1. The van der Waals surface area contributed by atoms with Crippen LogP contribution in [0, 0.1) is 12.8 Å². The van der Waals surface area contributed by atoms with Crippen molar-refractivity contribution in [1.29, 1.82) is 0 Å². The number of carbonyl (C=O) groups excluding carboxylic acids is 1. The SMILES string of the molecule is Cc1ncc(Cl)cc1C(=O)N[C@H]1CC[C@H](Cn2c(=O)n(Cc3ccncc3)c3ccccc32)CC1. The topological polar surface area (TPSA) is 81.8 Å². The first-order valence-corrected chi connectivity index (χ1v) is 12.4. The van der Waals surface area contributed by atoms with Gasteiger partial charge in [0.05, 0.1) is 33.9 Å². The van der Waals surface area contributed by atoms with E-state index in [4.69, 9.17) is 11.6 Å². The number of hydrogen-bond donors (Lipinski definition) is 1. The van der Waals surface area contributed by atoms with Crippen LogP contribution in [0.25, 0.3) is 11.0 Å². The summed E-state index contributed by atoms with van der Waals surface area (Å²) in [7, 11) is 0. The molecule has 0 atom stereocenters. The highest BCUT2D eigenvalue weighted by atomic mass is 35.5. The van der Waals surface area contributed by atoms with Crippen molar-refractivity contribution in [2.75, 3.05) is 0 Å². The summed E-state index contributed by atoms with van der Waals surface area (Å²) in [5.74, 6) is 0.256. The number of para-hydroxylation sites is 2.